The Bertz CT molecular complexity index is 436. The van der Waals surface area contributed by atoms with Gasteiger partial charge >= 0.3 is 0 Å². The summed E-state index contributed by atoms with van der Waals surface area (Å²) in [5.74, 6) is 1.05. The molecule has 4 N–H and O–H groups in total. The molecule has 6 nitrogen and oxygen atoms in total. The summed E-state index contributed by atoms with van der Waals surface area (Å²) in [5.41, 5.74) is 11.3. The summed E-state index contributed by atoms with van der Waals surface area (Å²) in [4.78, 5) is 21.7. The number of hydrogen-bond acceptors (Lipinski definition) is 5. The summed E-state index contributed by atoms with van der Waals surface area (Å²) >= 11 is 0. The van der Waals surface area contributed by atoms with E-state index in [-0.39, 0.29) is 5.69 Å². The van der Waals surface area contributed by atoms with Crippen LogP contribution >= 0.6 is 0 Å². The monoisotopic (exact) mass is 249 g/mol. The molecule has 1 aliphatic rings. The topological polar surface area (TPSA) is 98.1 Å². The number of aromatic nitrogens is 2. The van der Waals surface area contributed by atoms with Gasteiger partial charge in [0.05, 0.1) is 0 Å². The van der Waals surface area contributed by atoms with Crippen LogP contribution in [0.25, 0.3) is 0 Å². The summed E-state index contributed by atoms with van der Waals surface area (Å²) < 4.78 is 0. The van der Waals surface area contributed by atoms with Gasteiger partial charge in [-0.05, 0) is 24.8 Å². The van der Waals surface area contributed by atoms with E-state index in [4.69, 9.17) is 11.5 Å². The van der Waals surface area contributed by atoms with Gasteiger partial charge in [-0.25, -0.2) is 9.97 Å². The highest BCUT2D eigenvalue weighted by Crippen LogP contribution is 2.26. The zero-order valence-electron chi connectivity index (χ0n) is 10.5. The van der Waals surface area contributed by atoms with Crippen molar-refractivity contribution in [1.29, 1.82) is 0 Å². The van der Waals surface area contributed by atoms with Crippen LogP contribution in [0.2, 0.25) is 0 Å². The molecular formula is C12H19N5O. The van der Waals surface area contributed by atoms with Crippen molar-refractivity contribution in [3.8, 4) is 0 Å². The smallest absolute Gasteiger partial charge is 0.271 e. The molecule has 18 heavy (non-hydrogen) atoms. The average Bonchev–Trinajstić information content (AvgIpc) is 2.39. The number of anilines is 1. The molecule has 0 radical (unpaired) electrons. The lowest BCUT2D eigenvalue weighted by Gasteiger charge is -2.37. The normalized spacial score (nSPS) is 24.0. The number of rotatable bonds is 3. The van der Waals surface area contributed by atoms with Crippen molar-refractivity contribution in [2.24, 2.45) is 23.3 Å². The molecule has 1 amide bonds. The Kier molecular flexibility index (Phi) is 3.76. The van der Waals surface area contributed by atoms with Gasteiger partial charge in [0.2, 0.25) is 0 Å². The van der Waals surface area contributed by atoms with E-state index in [2.05, 4.69) is 21.8 Å². The van der Waals surface area contributed by atoms with Gasteiger partial charge in [-0.15, -0.1) is 0 Å². The van der Waals surface area contributed by atoms with Crippen LogP contribution in [0.1, 0.15) is 23.8 Å². The molecule has 0 bridgehead atoms. The SMILES string of the molecule is CC1CCN(c2nccnc2C(N)=O)CC1CN. The molecule has 2 unspecified atom stereocenters. The molecule has 0 aliphatic carbocycles. The van der Waals surface area contributed by atoms with Gasteiger partial charge in [0.1, 0.15) is 0 Å². The first-order valence-electron chi connectivity index (χ1n) is 6.19. The number of hydrogen-bond donors (Lipinski definition) is 2. The lowest BCUT2D eigenvalue weighted by atomic mass is 9.87. The van der Waals surface area contributed by atoms with Gasteiger partial charge in [0, 0.05) is 25.5 Å². The largest absolute Gasteiger partial charge is 0.364 e. The molecular weight excluding hydrogens is 230 g/mol. The average molecular weight is 249 g/mol. The Morgan fingerprint density at radius 1 is 1.50 bits per heavy atom. The van der Waals surface area contributed by atoms with Gasteiger partial charge in [-0.3, -0.25) is 4.79 Å². The van der Waals surface area contributed by atoms with Gasteiger partial charge in [-0.1, -0.05) is 6.92 Å². The van der Waals surface area contributed by atoms with Crippen molar-refractivity contribution in [1.82, 2.24) is 9.97 Å². The minimum atomic E-state index is -0.541. The maximum Gasteiger partial charge on any atom is 0.271 e. The second kappa shape index (κ2) is 5.30. The molecule has 0 spiro atoms. The second-order valence-electron chi connectivity index (χ2n) is 4.80. The van der Waals surface area contributed by atoms with Crippen molar-refractivity contribution < 1.29 is 4.79 Å². The Morgan fingerprint density at radius 2 is 2.22 bits per heavy atom. The Hall–Kier alpha value is -1.69. The van der Waals surface area contributed by atoms with Crippen molar-refractivity contribution in [2.75, 3.05) is 24.5 Å². The molecule has 1 fully saturated rings. The third kappa shape index (κ3) is 2.43. The summed E-state index contributed by atoms with van der Waals surface area (Å²) in [6.07, 6.45) is 4.10. The van der Waals surface area contributed by atoms with Crippen molar-refractivity contribution in [3.63, 3.8) is 0 Å². The summed E-state index contributed by atoms with van der Waals surface area (Å²) in [5, 5.41) is 0. The Labute approximate surface area is 106 Å². The fraction of sp³-hybridized carbons (Fsp3) is 0.583. The van der Waals surface area contributed by atoms with E-state index in [0.717, 1.165) is 19.5 Å². The van der Waals surface area contributed by atoms with E-state index in [0.29, 0.717) is 24.2 Å². The number of primary amides is 1. The molecule has 2 atom stereocenters. The maximum atomic E-state index is 11.3. The van der Waals surface area contributed by atoms with Crippen molar-refractivity contribution in [3.05, 3.63) is 18.1 Å². The Balaban J connectivity index is 2.24. The third-order valence-electron chi connectivity index (χ3n) is 3.63. The van der Waals surface area contributed by atoms with Crippen LogP contribution in [0.4, 0.5) is 5.82 Å². The van der Waals surface area contributed by atoms with Gasteiger partial charge in [0.25, 0.3) is 5.91 Å². The summed E-state index contributed by atoms with van der Waals surface area (Å²) in [6, 6.07) is 0. The van der Waals surface area contributed by atoms with Gasteiger partial charge < -0.3 is 16.4 Å². The van der Waals surface area contributed by atoms with Gasteiger partial charge in [0.15, 0.2) is 11.5 Å². The van der Waals surface area contributed by atoms with Crippen molar-refractivity contribution in [2.45, 2.75) is 13.3 Å². The predicted octanol–water partition coefficient (Wildman–Crippen LogP) is -0.00340. The van der Waals surface area contributed by atoms with Gasteiger partial charge in [-0.2, -0.15) is 0 Å². The molecule has 98 valence electrons. The minimum absolute atomic E-state index is 0.239. The molecule has 1 aliphatic heterocycles. The van der Waals surface area contributed by atoms with E-state index in [1.807, 2.05) is 0 Å². The number of nitrogens with zero attached hydrogens (tertiary/aromatic N) is 3. The summed E-state index contributed by atoms with van der Waals surface area (Å²) in [6.45, 7) is 4.51. The number of carbonyl (C=O) groups is 1. The molecule has 1 aromatic rings. The molecule has 2 heterocycles. The standard InChI is InChI=1S/C12H19N5O/c1-8-2-5-17(7-9(8)6-13)12-10(11(14)18)15-3-4-16-12/h3-4,8-9H,2,5-7,13H2,1H3,(H2,14,18). The molecule has 0 aromatic carbocycles. The lowest BCUT2D eigenvalue weighted by Crippen LogP contribution is -2.43. The molecule has 6 heteroatoms. The first-order chi connectivity index (χ1) is 8.63. The zero-order valence-corrected chi connectivity index (χ0v) is 10.5. The van der Waals surface area contributed by atoms with E-state index >= 15 is 0 Å². The van der Waals surface area contributed by atoms with E-state index in [1.165, 1.54) is 6.20 Å². The van der Waals surface area contributed by atoms with Crippen molar-refractivity contribution >= 4 is 11.7 Å². The fourth-order valence-electron chi connectivity index (χ4n) is 2.38. The highest BCUT2D eigenvalue weighted by atomic mass is 16.1. The van der Waals surface area contributed by atoms with E-state index < -0.39 is 5.91 Å². The zero-order chi connectivity index (χ0) is 13.1. The van der Waals surface area contributed by atoms with Crippen LogP contribution < -0.4 is 16.4 Å². The summed E-state index contributed by atoms with van der Waals surface area (Å²) in [7, 11) is 0. The molecule has 2 rings (SSSR count). The highest BCUT2D eigenvalue weighted by Gasteiger charge is 2.28. The molecule has 1 saturated heterocycles. The quantitative estimate of drug-likeness (QED) is 0.785. The van der Waals surface area contributed by atoms with Crippen LogP contribution in [-0.4, -0.2) is 35.5 Å². The number of piperidine rings is 1. The Morgan fingerprint density at radius 3 is 2.89 bits per heavy atom. The van der Waals surface area contributed by atoms with E-state index in [9.17, 15) is 4.79 Å². The van der Waals surface area contributed by atoms with Crippen LogP contribution in [0.15, 0.2) is 12.4 Å². The third-order valence-corrected chi connectivity index (χ3v) is 3.63. The fourth-order valence-corrected chi connectivity index (χ4v) is 2.38. The molecule has 0 saturated carbocycles. The first-order valence-corrected chi connectivity index (χ1v) is 6.19. The predicted molar refractivity (Wildman–Crippen MR) is 69.1 cm³/mol. The highest BCUT2D eigenvalue weighted by molar-refractivity contribution is 5.95. The number of amides is 1. The van der Waals surface area contributed by atoms with Crippen LogP contribution in [0.3, 0.4) is 0 Å². The van der Waals surface area contributed by atoms with E-state index in [1.54, 1.807) is 6.20 Å². The molecule has 1 aromatic heterocycles. The van der Waals surface area contributed by atoms with Crippen LogP contribution in [0, 0.1) is 11.8 Å². The maximum absolute atomic E-state index is 11.3. The first kappa shape index (κ1) is 12.8. The minimum Gasteiger partial charge on any atom is -0.364 e. The number of carbonyl (C=O) groups excluding carboxylic acids is 1. The van der Waals surface area contributed by atoms with Crippen LogP contribution in [0.5, 0.6) is 0 Å². The second-order valence-corrected chi connectivity index (χ2v) is 4.80. The lowest BCUT2D eigenvalue weighted by molar-refractivity contribution is 0.0995. The van der Waals surface area contributed by atoms with Crippen LogP contribution in [-0.2, 0) is 0 Å². The number of nitrogens with two attached hydrogens (primary N) is 2.